The molecule has 5 heteroatoms. The number of ether oxygens (including phenoxy) is 1. The maximum atomic E-state index is 13.3. The van der Waals surface area contributed by atoms with Crippen molar-refractivity contribution in [1.29, 1.82) is 0 Å². The van der Waals surface area contributed by atoms with Crippen molar-refractivity contribution >= 4 is 5.97 Å². The van der Waals surface area contributed by atoms with Gasteiger partial charge in [0.25, 0.3) is 0 Å². The average Bonchev–Trinajstić information content (AvgIpc) is 2.25. The molecule has 0 radical (unpaired) electrons. The number of hydrogen-bond donors (Lipinski definition) is 1. The van der Waals surface area contributed by atoms with Crippen LogP contribution in [0.2, 0.25) is 0 Å². The van der Waals surface area contributed by atoms with Gasteiger partial charge in [-0.3, -0.25) is 4.79 Å². The minimum absolute atomic E-state index is 0.0194. The topological polar surface area (TPSA) is 38.3 Å². The van der Waals surface area contributed by atoms with E-state index in [2.05, 4.69) is 10.1 Å². The fourth-order valence-electron chi connectivity index (χ4n) is 1.27. The van der Waals surface area contributed by atoms with Gasteiger partial charge in [0.2, 0.25) is 0 Å². The molecule has 0 amide bonds. The monoisotopic (exact) mass is 229 g/mol. The second-order valence-corrected chi connectivity index (χ2v) is 3.34. The van der Waals surface area contributed by atoms with Crippen molar-refractivity contribution in [3.63, 3.8) is 0 Å². The summed E-state index contributed by atoms with van der Waals surface area (Å²) in [6.45, 7) is 1.66. The van der Waals surface area contributed by atoms with Crippen molar-refractivity contribution in [3.8, 4) is 0 Å². The van der Waals surface area contributed by atoms with Crippen molar-refractivity contribution in [1.82, 2.24) is 5.32 Å². The van der Waals surface area contributed by atoms with Gasteiger partial charge in [-0.25, -0.2) is 8.78 Å². The third-order valence-corrected chi connectivity index (χ3v) is 2.21. The molecule has 1 N–H and O–H groups in total. The molecule has 0 saturated carbocycles. The van der Waals surface area contributed by atoms with E-state index < -0.39 is 17.6 Å². The summed E-state index contributed by atoms with van der Waals surface area (Å²) in [6.07, 6.45) is 0. The highest BCUT2D eigenvalue weighted by molar-refractivity contribution is 5.71. The third kappa shape index (κ3) is 3.27. The Morgan fingerprint density at radius 1 is 1.50 bits per heavy atom. The van der Waals surface area contributed by atoms with Crippen molar-refractivity contribution < 1.29 is 18.3 Å². The van der Waals surface area contributed by atoms with Gasteiger partial charge in [-0.1, -0.05) is 6.07 Å². The van der Waals surface area contributed by atoms with Gasteiger partial charge >= 0.3 is 5.97 Å². The number of nitrogens with one attached hydrogen (secondary N) is 1. The van der Waals surface area contributed by atoms with Crippen LogP contribution in [0.15, 0.2) is 18.2 Å². The van der Waals surface area contributed by atoms with Gasteiger partial charge in [0, 0.05) is 17.7 Å². The Morgan fingerprint density at radius 2 is 2.19 bits per heavy atom. The summed E-state index contributed by atoms with van der Waals surface area (Å²) in [7, 11) is 1.27. The third-order valence-electron chi connectivity index (χ3n) is 2.21. The molecule has 1 unspecified atom stereocenters. The Labute approximate surface area is 92.4 Å². The van der Waals surface area contributed by atoms with Crippen molar-refractivity contribution in [2.75, 3.05) is 13.7 Å². The molecule has 16 heavy (non-hydrogen) atoms. The van der Waals surface area contributed by atoms with E-state index in [1.807, 2.05) is 0 Å². The molecule has 88 valence electrons. The number of esters is 1. The second-order valence-electron chi connectivity index (χ2n) is 3.34. The summed E-state index contributed by atoms with van der Waals surface area (Å²) in [6, 6.07) is 2.94. The maximum Gasteiger partial charge on any atom is 0.319 e. The van der Waals surface area contributed by atoms with E-state index in [0.29, 0.717) is 5.56 Å². The van der Waals surface area contributed by atoms with Crippen molar-refractivity contribution in [2.24, 2.45) is 0 Å². The molecular formula is C11H13F2NO2. The van der Waals surface area contributed by atoms with Gasteiger partial charge in [-0.05, 0) is 13.0 Å². The summed E-state index contributed by atoms with van der Waals surface area (Å²) in [5.74, 6) is -1.69. The van der Waals surface area contributed by atoms with Gasteiger partial charge in [-0.15, -0.1) is 0 Å². The lowest BCUT2D eigenvalue weighted by Crippen LogP contribution is -2.27. The van der Waals surface area contributed by atoms with E-state index in [4.69, 9.17) is 0 Å². The number of hydrogen-bond acceptors (Lipinski definition) is 3. The van der Waals surface area contributed by atoms with Crippen molar-refractivity contribution in [2.45, 2.75) is 13.0 Å². The minimum Gasteiger partial charge on any atom is -0.468 e. The van der Waals surface area contributed by atoms with E-state index in [0.717, 1.165) is 6.07 Å². The number of methoxy groups -OCH3 is 1. The average molecular weight is 229 g/mol. The summed E-state index contributed by atoms with van der Waals surface area (Å²) in [5.41, 5.74) is 0.310. The molecule has 0 aliphatic heterocycles. The fraction of sp³-hybridized carbons (Fsp3) is 0.364. The van der Waals surface area contributed by atoms with Gasteiger partial charge in [0.05, 0.1) is 13.7 Å². The largest absolute Gasteiger partial charge is 0.468 e. The molecule has 1 aromatic rings. The molecule has 1 aromatic carbocycles. The number of halogens is 2. The van der Waals surface area contributed by atoms with E-state index in [1.165, 1.54) is 19.2 Å². The highest BCUT2D eigenvalue weighted by atomic mass is 19.1. The van der Waals surface area contributed by atoms with Crippen molar-refractivity contribution in [3.05, 3.63) is 35.4 Å². The van der Waals surface area contributed by atoms with Gasteiger partial charge in [-0.2, -0.15) is 0 Å². The first-order valence-electron chi connectivity index (χ1n) is 4.79. The summed E-state index contributed by atoms with van der Waals surface area (Å²) >= 11 is 0. The fourth-order valence-corrected chi connectivity index (χ4v) is 1.27. The van der Waals surface area contributed by atoms with Crippen LogP contribution in [0.4, 0.5) is 8.78 Å². The molecule has 0 bridgehead atoms. The van der Waals surface area contributed by atoms with Crippen LogP contribution in [0.5, 0.6) is 0 Å². The zero-order chi connectivity index (χ0) is 12.1. The maximum absolute atomic E-state index is 13.3. The van der Waals surface area contributed by atoms with E-state index in [9.17, 15) is 13.6 Å². The lowest BCUT2D eigenvalue weighted by atomic mass is 10.1. The first-order valence-corrected chi connectivity index (χ1v) is 4.79. The molecule has 1 rings (SSSR count). The van der Waals surface area contributed by atoms with Gasteiger partial charge in [0.1, 0.15) is 11.6 Å². The smallest absolute Gasteiger partial charge is 0.319 e. The molecule has 1 atom stereocenters. The molecule has 0 aromatic heterocycles. The standard InChI is InChI=1S/C11H13F2NO2/c1-7(14-6-11(15)16-2)9-4-3-8(12)5-10(9)13/h3-5,7,14H,6H2,1-2H3. The minimum atomic E-state index is -0.634. The van der Waals surface area contributed by atoms with Crippen LogP contribution in [0.1, 0.15) is 18.5 Å². The van der Waals surface area contributed by atoms with Crippen LogP contribution >= 0.6 is 0 Å². The zero-order valence-corrected chi connectivity index (χ0v) is 9.09. The summed E-state index contributed by atoms with van der Waals surface area (Å²) in [5, 5.41) is 2.77. The molecule has 3 nitrogen and oxygen atoms in total. The van der Waals surface area contributed by atoms with Crippen LogP contribution < -0.4 is 5.32 Å². The van der Waals surface area contributed by atoms with Gasteiger partial charge < -0.3 is 10.1 Å². The number of rotatable bonds is 4. The Kier molecular flexibility index (Phi) is 4.37. The van der Waals surface area contributed by atoms with Crippen LogP contribution in [0, 0.1) is 11.6 Å². The van der Waals surface area contributed by atoms with Crippen LogP contribution in [-0.2, 0) is 9.53 Å². The number of benzene rings is 1. The van der Waals surface area contributed by atoms with Crippen LogP contribution in [-0.4, -0.2) is 19.6 Å². The highest BCUT2D eigenvalue weighted by Crippen LogP contribution is 2.17. The molecule has 0 spiro atoms. The SMILES string of the molecule is COC(=O)CNC(C)c1ccc(F)cc1F. The molecular weight excluding hydrogens is 216 g/mol. The van der Waals surface area contributed by atoms with E-state index in [-0.39, 0.29) is 12.6 Å². The Hall–Kier alpha value is -1.49. The van der Waals surface area contributed by atoms with E-state index >= 15 is 0 Å². The first kappa shape index (κ1) is 12.6. The summed E-state index contributed by atoms with van der Waals surface area (Å²) < 4.78 is 30.4. The molecule has 0 aliphatic carbocycles. The summed E-state index contributed by atoms with van der Waals surface area (Å²) in [4.78, 5) is 10.8. The Bertz CT molecular complexity index is 382. The van der Waals surface area contributed by atoms with Gasteiger partial charge in [0.15, 0.2) is 0 Å². The molecule has 0 saturated heterocycles. The zero-order valence-electron chi connectivity index (χ0n) is 9.09. The molecule has 0 aliphatic rings. The molecule has 0 fully saturated rings. The quantitative estimate of drug-likeness (QED) is 0.800. The first-order chi connectivity index (χ1) is 7.54. The van der Waals surface area contributed by atoms with E-state index in [1.54, 1.807) is 6.92 Å². The lowest BCUT2D eigenvalue weighted by molar-refractivity contribution is -0.139. The predicted octanol–water partition coefficient (Wildman–Crippen LogP) is 1.79. The predicted molar refractivity (Wildman–Crippen MR) is 54.8 cm³/mol. The van der Waals surface area contributed by atoms with Crippen LogP contribution in [0.25, 0.3) is 0 Å². The Morgan fingerprint density at radius 3 is 2.75 bits per heavy atom. The van der Waals surface area contributed by atoms with Crippen LogP contribution in [0.3, 0.4) is 0 Å². The normalized spacial score (nSPS) is 12.2. The Balaban J connectivity index is 2.65. The number of carbonyl (C=O) groups excluding carboxylic acids is 1. The lowest BCUT2D eigenvalue weighted by Gasteiger charge is -2.14. The molecule has 0 heterocycles. The number of carbonyl (C=O) groups is 1. The second kappa shape index (κ2) is 5.55. The highest BCUT2D eigenvalue weighted by Gasteiger charge is 2.12.